The van der Waals surface area contributed by atoms with Crippen LogP contribution < -0.4 is 5.32 Å². The Kier molecular flexibility index (Phi) is 5.60. The molecule has 0 fully saturated rings. The molecule has 1 amide bonds. The van der Waals surface area contributed by atoms with Gasteiger partial charge >= 0.3 is 5.97 Å². The van der Waals surface area contributed by atoms with E-state index in [0.29, 0.717) is 6.07 Å². The van der Waals surface area contributed by atoms with E-state index in [1.807, 2.05) is 0 Å². The van der Waals surface area contributed by atoms with Crippen molar-refractivity contribution >= 4 is 29.9 Å². The van der Waals surface area contributed by atoms with E-state index in [1.54, 1.807) is 0 Å². The highest BCUT2D eigenvalue weighted by molar-refractivity contribution is 6.04. The molecule has 1 atom stereocenters. The highest BCUT2D eigenvalue weighted by atomic mass is 35.5. The fourth-order valence-electron chi connectivity index (χ4n) is 2.42. The molecule has 0 aliphatic heterocycles. The number of carboxylic acids is 1. The number of rotatable bonds is 4. The van der Waals surface area contributed by atoms with Gasteiger partial charge in [0.05, 0.1) is 5.69 Å². The molecule has 3 aromatic rings. The molecule has 2 heterocycles. The summed E-state index contributed by atoms with van der Waals surface area (Å²) in [4.78, 5) is 27.1. The lowest BCUT2D eigenvalue weighted by Gasteiger charge is -2.13. The molecular formula is C16H13ClF2N4O4. The second-order valence-corrected chi connectivity index (χ2v) is 5.48. The predicted octanol–water partition coefficient (Wildman–Crippen LogP) is 2.00. The van der Waals surface area contributed by atoms with Gasteiger partial charge in [-0.3, -0.25) is 9.59 Å². The van der Waals surface area contributed by atoms with Crippen LogP contribution in [0.5, 0.6) is 5.75 Å². The Morgan fingerprint density at radius 2 is 1.81 bits per heavy atom. The van der Waals surface area contributed by atoms with E-state index in [2.05, 4.69) is 15.4 Å². The van der Waals surface area contributed by atoms with Crippen molar-refractivity contribution in [1.82, 2.24) is 19.9 Å². The standard InChI is InChI=1S/C16H12F2N4O4.ClH/c1-7(16(25)26)21-15(24)13-12(23)5-11(22-14(13)19-6-20-22)8-2-9(17)4-10(18)3-8;/h2-7,23H,1H3,(H,21,24)(H,25,26);1H. The molecule has 1 unspecified atom stereocenters. The average Bonchev–Trinajstić information content (AvgIpc) is 3.01. The number of pyridine rings is 1. The molecule has 0 bridgehead atoms. The number of aromatic hydroxyl groups is 1. The number of nitrogens with zero attached hydrogens (tertiary/aromatic N) is 3. The molecule has 27 heavy (non-hydrogen) atoms. The van der Waals surface area contributed by atoms with Gasteiger partial charge < -0.3 is 15.5 Å². The Labute approximate surface area is 156 Å². The second-order valence-electron chi connectivity index (χ2n) is 5.48. The first-order valence-electron chi connectivity index (χ1n) is 7.33. The van der Waals surface area contributed by atoms with Gasteiger partial charge in [0.2, 0.25) is 0 Å². The zero-order valence-electron chi connectivity index (χ0n) is 13.7. The average molecular weight is 399 g/mol. The summed E-state index contributed by atoms with van der Waals surface area (Å²) in [6.45, 7) is 1.25. The van der Waals surface area contributed by atoms with Crippen LogP contribution in [0.15, 0.2) is 30.6 Å². The first kappa shape index (κ1) is 20.0. The molecule has 0 radical (unpaired) electrons. The molecule has 8 nitrogen and oxygen atoms in total. The van der Waals surface area contributed by atoms with Gasteiger partial charge in [-0.05, 0) is 19.1 Å². The van der Waals surface area contributed by atoms with Gasteiger partial charge in [-0.1, -0.05) is 0 Å². The lowest BCUT2D eigenvalue weighted by molar-refractivity contribution is -0.138. The zero-order chi connectivity index (χ0) is 19.0. The smallest absolute Gasteiger partial charge is 0.325 e. The third-order valence-corrected chi connectivity index (χ3v) is 3.63. The second kappa shape index (κ2) is 7.54. The molecule has 0 saturated heterocycles. The van der Waals surface area contributed by atoms with Gasteiger partial charge in [0.15, 0.2) is 5.65 Å². The highest BCUT2D eigenvalue weighted by Gasteiger charge is 2.24. The fraction of sp³-hybridized carbons (Fsp3) is 0.125. The number of fused-ring (bicyclic) bond motifs is 1. The molecule has 142 valence electrons. The van der Waals surface area contributed by atoms with E-state index in [9.17, 15) is 23.5 Å². The Balaban J connectivity index is 0.00000261. The van der Waals surface area contributed by atoms with Gasteiger partial charge in [0.25, 0.3) is 5.91 Å². The van der Waals surface area contributed by atoms with Crippen LogP contribution in [0.2, 0.25) is 0 Å². The summed E-state index contributed by atoms with van der Waals surface area (Å²) in [5, 5.41) is 25.2. The minimum atomic E-state index is -1.26. The summed E-state index contributed by atoms with van der Waals surface area (Å²) >= 11 is 0. The van der Waals surface area contributed by atoms with E-state index < -0.39 is 35.3 Å². The largest absolute Gasteiger partial charge is 0.507 e. The van der Waals surface area contributed by atoms with Crippen LogP contribution in [0.25, 0.3) is 16.9 Å². The minimum Gasteiger partial charge on any atom is -0.507 e. The lowest BCUT2D eigenvalue weighted by atomic mass is 10.1. The van der Waals surface area contributed by atoms with Crippen molar-refractivity contribution < 1.29 is 28.6 Å². The third kappa shape index (κ3) is 3.80. The molecule has 2 aromatic heterocycles. The summed E-state index contributed by atoms with van der Waals surface area (Å²) in [5.41, 5.74) is -0.244. The number of carboxylic acid groups (broad SMARTS) is 1. The maximum Gasteiger partial charge on any atom is 0.325 e. The number of benzene rings is 1. The SMILES string of the molecule is CC(NC(=O)c1c(O)cc(-c2cc(F)cc(F)c2)n2ncnc12)C(=O)O.Cl. The van der Waals surface area contributed by atoms with Crippen LogP contribution in [-0.2, 0) is 4.79 Å². The van der Waals surface area contributed by atoms with Crippen molar-refractivity contribution in [2.75, 3.05) is 0 Å². The Morgan fingerprint density at radius 3 is 2.41 bits per heavy atom. The molecule has 11 heteroatoms. The van der Waals surface area contributed by atoms with E-state index in [0.717, 1.165) is 29.0 Å². The highest BCUT2D eigenvalue weighted by Crippen LogP contribution is 2.30. The van der Waals surface area contributed by atoms with Gasteiger partial charge in [-0.25, -0.2) is 18.3 Å². The number of nitrogens with one attached hydrogen (secondary N) is 1. The van der Waals surface area contributed by atoms with Gasteiger partial charge in [0.1, 0.15) is 35.3 Å². The lowest BCUT2D eigenvalue weighted by Crippen LogP contribution is -2.38. The summed E-state index contributed by atoms with van der Waals surface area (Å²) in [6, 6.07) is 2.64. The van der Waals surface area contributed by atoms with Crippen molar-refractivity contribution in [1.29, 1.82) is 0 Å². The van der Waals surface area contributed by atoms with Crippen LogP contribution in [0, 0.1) is 11.6 Å². The number of carbonyl (C=O) groups excluding carboxylic acids is 1. The topological polar surface area (TPSA) is 117 Å². The van der Waals surface area contributed by atoms with Crippen LogP contribution in [0.1, 0.15) is 17.3 Å². The van der Waals surface area contributed by atoms with Crippen molar-refractivity contribution in [3.63, 3.8) is 0 Å². The van der Waals surface area contributed by atoms with Crippen LogP contribution in [-0.4, -0.2) is 42.7 Å². The van der Waals surface area contributed by atoms with Crippen LogP contribution >= 0.6 is 12.4 Å². The minimum absolute atomic E-state index is 0. The Hall–Kier alpha value is -3.27. The molecule has 0 spiro atoms. The fourth-order valence-corrected chi connectivity index (χ4v) is 2.42. The number of carbonyl (C=O) groups is 2. The van der Waals surface area contributed by atoms with E-state index in [4.69, 9.17) is 5.11 Å². The number of amides is 1. The molecular weight excluding hydrogens is 386 g/mol. The maximum atomic E-state index is 13.5. The Bertz CT molecular complexity index is 1020. The third-order valence-electron chi connectivity index (χ3n) is 3.63. The quantitative estimate of drug-likeness (QED) is 0.619. The molecule has 0 aliphatic carbocycles. The van der Waals surface area contributed by atoms with Crippen LogP contribution in [0.4, 0.5) is 8.78 Å². The number of hydrogen-bond acceptors (Lipinski definition) is 5. The number of aromatic nitrogens is 3. The van der Waals surface area contributed by atoms with Crippen molar-refractivity contribution in [3.8, 4) is 17.0 Å². The molecule has 0 aliphatic rings. The monoisotopic (exact) mass is 398 g/mol. The molecule has 1 aromatic carbocycles. The normalized spacial score (nSPS) is 11.7. The van der Waals surface area contributed by atoms with Crippen LogP contribution in [0.3, 0.4) is 0 Å². The first-order valence-corrected chi connectivity index (χ1v) is 7.33. The molecule has 3 N–H and O–H groups in total. The van der Waals surface area contributed by atoms with Crippen molar-refractivity contribution in [2.24, 2.45) is 0 Å². The van der Waals surface area contributed by atoms with Gasteiger partial charge in [0, 0.05) is 17.7 Å². The predicted molar refractivity (Wildman–Crippen MR) is 91.8 cm³/mol. The summed E-state index contributed by atoms with van der Waals surface area (Å²) in [7, 11) is 0. The number of aliphatic carboxylic acids is 1. The number of halogens is 3. The van der Waals surface area contributed by atoms with Crippen molar-refractivity contribution in [2.45, 2.75) is 13.0 Å². The summed E-state index contributed by atoms with van der Waals surface area (Å²) in [5.74, 6) is -4.34. The van der Waals surface area contributed by atoms with E-state index in [-0.39, 0.29) is 34.9 Å². The maximum absolute atomic E-state index is 13.5. The Morgan fingerprint density at radius 1 is 1.19 bits per heavy atom. The van der Waals surface area contributed by atoms with E-state index >= 15 is 0 Å². The first-order chi connectivity index (χ1) is 12.3. The van der Waals surface area contributed by atoms with E-state index in [1.165, 1.54) is 6.92 Å². The number of hydrogen-bond donors (Lipinski definition) is 3. The zero-order valence-corrected chi connectivity index (χ0v) is 14.5. The molecule has 0 saturated carbocycles. The van der Waals surface area contributed by atoms with Crippen molar-refractivity contribution in [3.05, 3.63) is 47.8 Å². The molecule has 3 rings (SSSR count). The van der Waals surface area contributed by atoms with Gasteiger partial charge in [-0.15, -0.1) is 12.4 Å². The van der Waals surface area contributed by atoms with Gasteiger partial charge in [-0.2, -0.15) is 5.10 Å². The summed E-state index contributed by atoms with van der Waals surface area (Å²) < 4.78 is 28.1. The summed E-state index contributed by atoms with van der Waals surface area (Å²) in [6.07, 6.45) is 1.09.